The molecule has 17 heavy (non-hydrogen) atoms. The number of alkyl halides is 1. The minimum atomic E-state index is -0.311. The predicted molar refractivity (Wildman–Crippen MR) is 67.2 cm³/mol. The number of benzene rings is 2. The number of hydrogen-bond acceptors (Lipinski definition) is 1. The molecule has 0 saturated heterocycles. The maximum Gasteiger partial charge on any atom is 0.130 e. The molecule has 0 fully saturated rings. The normalized spacial score (nSPS) is 10.3. The van der Waals surface area contributed by atoms with Gasteiger partial charge in [0.1, 0.15) is 17.3 Å². The van der Waals surface area contributed by atoms with Crippen LogP contribution in [0, 0.1) is 12.7 Å². The van der Waals surface area contributed by atoms with Gasteiger partial charge in [0.05, 0.1) is 0 Å². The second kappa shape index (κ2) is 5.19. The van der Waals surface area contributed by atoms with Crippen LogP contribution in [0.25, 0.3) is 0 Å². The molecule has 0 amide bonds. The Hall–Kier alpha value is -1.54. The highest BCUT2D eigenvalue weighted by Crippen LogP contribution is 2.26. The van der Waals surface area contributed by atoms with Crippen molar-refractivity contribution in [3.8, 4) is 11.5 Å². The monoisotopic (exact) mass is 250 g/mol. The quantitative estimate of drug-likeness (QED) is 0.720. The van der Waals surface area contributed by atoms with E-state index in [1.54, 1.807) is 12.1 Å². The van der Waals surface area contributed by atoms with Gasteiger partial charge in [-0.3, -0.25) is 0 Å². The summed E-state index contributed by atoms with van der Waals surface area (Å²) in [4.78, 5) is 0. The van der Waals surface area contributed by atoms with E-state index in [2.05, 4.69) is 0 Å². The second-order valence-corrected chi connectivity index (χ2v) is 4.06. The van der Waals surface area contributed by atoms with Crippen molar-refractivity contribution in [1.29, 1.82) is 0 Å². The summed E-state index contributed by atoms with van der Waals surface area (Å²) in [6.45, 7) is 1.94. The molecule has 0 aliphatic heterocycles. The highest BCUT2D eigenvalue weighted by molar-refractivity contribution is 6.17. The molecule has 0 N–H and O–H groups in total. The minimum absolute atomic E-state index is 0.311. The van der Waals surface area contributed by atoms with E-state index in [1.165, 1.54) is 12.1 Å². The summed E-state index contributed by atoms with van der Waals surface area (Å²) in [5, 5.41) is 0. The third-order valence-corrected chi connectivity index (χ3v) is 2.74. The number of rotatable bonds is 3. The molecule has 1 nitrogen and oxygen atoms in total. The first-order chi connectivity index (χ1) is 8.19. The predicted octanol–water partition coefficient (Wildman–Crippen LogP) is 4.67. The standard InChI is InChI=1S/C14H12ClFO/c1-10-5-6-11(9-15)7-14(10)17-13-4-2-3-12(16)8-13/h2-8H,9H2,1H3. The van der Waals surface area contributed by atoms with Crippen LogP contribution in [-0.2, 0) is 5.88 Å². The van der Waals surface area contributed by atoms with Gasteiger partial charge in [-0.2, -0.15) is 0 Å². The highest BCUT2D eigenvalue weighted by Gasteiger charge is 2.03. The maximum absolute atomic E-state index is 13.0. The molecule has 0 saturated carbocycles. The molecule has 3 heteroatoms. The van der Waals surface area contributed by atoms with Crippen molar-refractivity contribution in [2.45, 2.75) is 12.8 Å². The van der Waals surface area contributed by atoms with Crippen molar-refractivity contribution in [2.75, 3.05) is 0 Å². The Bertz CT molecular complexity index is 525. The maximum atomic E-state index is 13.0. The molecule has 0 aliphatic carbocycles. The Morgan fingerprint density at radius 2 is 2.00 bits per heavy atom. The van der Waals surface area contributed by atoms with Gasteiger partial charge in [-0.1, -0.05) is 18.2 Å². The van der Waals surface area contributed by atoms with Gasteiger partial charge in [0, 0.05) is 11.9 Å². The van der Waals surface area contributed by atoms with E-state index >= 15 is 0 Å². The number of hydrogen-bond donors (Lipinski definition) is 0. The summed E-state index contributed by atoms with van der Waals surface area (Å²) >= 11 is 5.76. The average molecular weight is 251 g/mol. The Labute approximate surface area is 105 Å². The highest BCUT2D eigenvalue weighted by atomic mass is 35.5. The van der Waals surface area contributed by atoms with Crippen molar-refractivity contribution < 1.29 is 9.13 Å². The molecule has 0 radical (unpaired) electrons. The Kier molecular flexibility index (Phi) is 3.64. The van der Waals surface area contributed by atoms with Gasteiger partial charge >= 0.3 is 0 Å². The van der Waals surface area contributed by atoms with Crippen molar-refractivity contribution >= 4 is 11.6 Å². The van der Waals surface area contributed by atoms with Gasteiger partial charge in [-0.25, -0.2) is 4.39 Å². The van der Waals surface area contributed by atoms with Crippen LogP contribution < -0.4 is 4.74 Å². The zero-order valence-electron chi connectivity index (χ0n) is 9.41. The Balaban J connectivity index is 2.29. The molecule has 0 aliphatic rings. The van der Waals surface area contributed by atoms with Crippen molar-refractivity contribution in [3.05, 3.63) is 59.4 Å². The summed E-state index contributed by atoms with van der Waals surface area (Å²) in [6.07, 6.45) is 0. The molecule has 2 aromatic rings. The Morgan fingerprint density at radius 1 is 1.18 bits per heavy atom. The van der Waals surface area contributed by atoms with Gasteiger partial charge in [0.15, 0.2) is 0 Å². The molecule has 0 atom stereocenters. The summed E-state index contributed by atoms with van der Waals surface area (Å²) in [5.41, 5.74) is 1.96. The smallest absolute Gasteiger partial charge is 0.130 e. The van der Waals surface area contributed by atoms with Gasteiger partial charge in [-0.15, -0.1) is 11.6 Å². The van der Waals surface area contributed by atoms with Crippen molar-refractivity contribution in [1.82, 2.24) is 0 Å². The summed E-state index contributed by atoms with van der Waals surface area (Å²) in [5.74, 6) is 1.31. The average Bonchev–Trinajstić information content (AvgIpc) is 2.32. The van der Waals surface area contributed by atoms with E-state index in [0.717, 1.165) is 11.1 Å². The fourth-order valence-corrected chi connectivity index (χ4v) is 1.66. The molecule has 0 unspecified atom stereocenters. The molecule has 0 spiro atoms. The van der Waals surface area contributed by atoms with Crippen molar-refractivity contribution in [3.63, 3.8) is 0 Å². The van der Waals surface area contributed by atoms with Gasteiger partial charge < -0.3 is 4.74 Å². The first-order valence-corrected chi connectivity index (χ1v) is 5.81. The lowest BCUT2D eigenvalue weighted by Crippen LogP contribution is -1.90. The topological polar surface area (TPSA) is 9.23 Å². The van der Waals surface area contributed by atoms with Crippen LogP contribution in [-0.4, -0.2) is 0 Å². The van der Waals surface area contributed by atoms with Gasteiger partial charge in [0.25, 0.3) is 0 Å². The third kappa shape index (κ3) is 2.98. The molecule has 2 rings (SSSR count). The number of ether oxygens (including phenoxy) is 1. The lowest BCUT2D eigenvalue weighted by atomic mass is 10.1. The molecular formula is C14H12ClFO. The third-order valence-electron chi connectivity index (χ3n) is 2.43. The zero-order chi connectivity index (χ0) is 12.3. The molecule has 0 aromatic heterocycles. The Morgan fingerprint density at radius 3 is 2.71 bits per heavy atom. The fraction of sp³-hybridized carbons (Fsp3) is 0.143. The van der Waals surface area contributed by atoms with Crippen LogP contribution in [0.1, 0.15) is 11.1 Å². The SMILES string of the molecule is Cc1ccc(CCl)cc1Oc1cccc(F)c1. The van der Waals surface area contributed by atoms with Crippen LogP contribution in [0.5, 0.6) is 11.5 Å². The van der Waals surface area contributed by atoms with Crippen LogP contribution >= 0.6 is 11.6 Å². The van der Waals surface area contributed by atoms with Gasteiger partial charge in [0.2, 0.25) is 0 Å². The number of aryl methyl sites for hydroxylation is 1. The molecule has 2 aromatic carbocycles. The molecular weight excluding hydrogens is 239 g/mol. The van der Waals surface area contributed by atoms with Gasteiger partial charge in [-0.05, 0) is 36.2 Å². The van der Waals surface area contributed by atoms with E-state index in [9.17, 15) is 4.39 Å². The van der Waals surface area contributed by atoms with Crippen LogP contribution in [0.4, 0.5) is 4.39 Å². The van der Waals surface area contributed by atoms with Crippen LogP contribution in [0.15, 0.2) is 42.5 Å². The zero-order valence-corrected chi connectivity index (χ0v) is 10.2. The van der Waals surface area contributed by atoms with Crippen LogP contribution in [0.2, 0.25) is 0 Å². The molecule has 0 heterocycles. The van der Waals surface area contributed by atoms with Crippen molar-refractivity contribution in [2.24, 2.45) is 0 Å². The first kappa shape index (κ1) is 11.9. The fourth-order valence-electron chi connectivity index (χ4n) is 1.50. The van der Waals surface area contributed by atoms with E-state index < -0.39 is 0 Å². The van der Waals surface area contributed by atoms with E-state index in [1.807, 2.05) is 25.1 Å². The lowest BCUT2D eigenvalue weighted by molar-refractivity contribution is 0.473. The summed E-state index contributed by atoms with van der Waals surface area (Å²) in [7, 11) is 0. The van der Waals surface area contributed by atoms with E-state index in [4.69, 9.17) is 16.3 Å². The summed E-state index contributed by atoms with van der Waals surface area (Å²) < 4.78 is 18.6. The van der Waals surface area contributed by atoms with E-state index in [0.29, 0.717) is 17.4 Å². The summed E-state index contributed by atoms with van der Waals surface area (Å²) in [6, 6.07) is 11.8. The minimum Gasteiger partial charge on any atom is -0.457 e. The first-order valence-electron chi connectivity index (χ1n) is 5.28. The second-order valence-electron chi connectivity index (χ2n) is 3.79. The lowest BCUT2D eigenvalue weighted by Gasteiger charge is -2.09. The van der Waals surface area contributed by atoms with Crippen LogP contribution in [0.3, 0.4) is 0 Å². The molecule has 0 bridgehead atoms. The largest absolute Gasteiger partial charge is 0.457 e. The molecule has 88 valence electrons. The number of halogens is 2. The van der Waals surface area contributed by atoms with E-state index in [-0.39, 0.29) is 5.82 Å².